The number of hydrazone groups is 1. The van der Waals surface area contributed by atoms with Gasteiger partial charge in [0.2, 0.25) is 6.23 Å². The molecule has 4 aromatic carbocycles. The summed E-state index contributed by atoms with van der Waals surface area (Å²) in [5, 5.41) is 21.2. The number of non-ortho nitro benzene ring substituents is 1. The van der Waals surface area contributed by atoms with Crippen LogP contribution in [0, 0.1) is 10.1 Å². The summed E-state index contributed by atoms with van der Waals surface area (Å²) in [6.07, 6.45) is 0.0596. The summed E-state index contributed by atoms with van der Waals surface area (Å²) in [5.41, 5.74) is 3.59. The number of nitro groups is 1. The van der Waals surface area contributed by atoms with Crippen LogP contribution in [0.15, 0.2) is 84.0 Å². The van der Waals surface area contributed by atoms with Gasteiger partial charge in [0.15, 0.2) is 0 Å². The first-order chi connectivity index (χ1) is 16.5. The minimum absolute atomic E-state index is 0.0168. The van der Waals surface area contributed by atoms with E-state index in [0.717, 1.165) is 27.8 Å². The second kappa shape index (κ2) is 8.01. The molecule has 0 fully saturated rings. The average Bonchev–Trinajstić information content (AvgIpc) is 3.29. The molecule has 0 aliphatic carbocycles. The number of nitrogens with zero attached hydrogens (tertiary/aromatic N) is 3. The number of halogens is 2. The molecule has 0 saturated heterocycles. The van der Waals surface area contributed by atoms with Gasteiger partial charge in [-0.25, -0.2) is 5.01 Å². The van der Waals surface area contributed by atoms with Crippen LogP contribution in [0.3, 0.4) is 0 Å². The average molecular weight is 490 g/mol. The van der Waals surface area contributed by atoms with E-state index in [1.54, 1.807) is 18.2 Å². The van der Waals surface area contributed by atoms with Gasteiger partial charge in [0.1, 0.15) is 5.75 Å². The number of rotatable bonds is 3. The molecule has 34 heavy (non-hydrogen) atoms. The summed E-state index contributed by atoms with van der Waals surface area (Å²) >= 11 is 12.9. The van der Waals surface area contributed by atoms with Gasteiger partial charge in [0.05, 0.1) is 21.7 Å². The van der Waals surface area contributed by atoms with Gasteiger partial charge in [-0.05, 0) is 46.7 Å². The van der Waals surface area contributed by atoms with E-state index in [0.29, 0.717) is 22.2 Å². The number of ether oxygens (including phenoxy) is 1. The van der Waals surface area contributed by atoms with Crippen LogP contribution in [0.2, 0.25) is 10.0 Å². The summed E-state index contributed by atoms with van der Waals surface area (Å²) in [6, 6.07) is 24.2. The standard InChI is InChI=1S/C26H17Cl2N3O3/c27-19-12-21-24-14-23(18-6-5-15-3-1-2-4-17(15)11-18)29-30(24)26(34-25(21)22(28)13-19)16-7-9-20(10-8-16)31(32)33/h1-13,24,26H,14H2/t24-,26+/m0/s1. The molecule has 2 atom stereocenters. The molecule has 168 valence electrons. The van der Waals surface area contributed by atoms with E-state index in [2.05, 4.69) is 30.3 Å². The van der Waals surface area contributed by atoms with E-state index >= 15 is 0 Å². The highest BCUT2D eigenvalue weighted by molar-refractivity contribution is 6.35. The SMILES string of the molecule is O=[N+]([O-])c1ccc([C@H]2Oc3c(Cl)cc(Cl)cc3[C@@H]3CC(c4ccc5ccccc5c4)=NN23)cc1. The van der Waals surface area contributed by atoms with Gasteiger partial charge < -0.3 is 4.74 Å². The van der Waals surface area contributed by atoms with Gasteiger partial charge in [-0.15, -0.1) is 0 Å². The molecule has 2 aliphatic heterocycles. The van der Waals surface area contributed by atoms with Crippen LogP contribution < -0.4 is 4.74 Å². The molecule has 0 amide bonds. The van der Waals surface area contributed by atoms with Crippen molar-refractivity contribution >= 4 is 45.4 Å². The van der Waals surface area contributed by atoms with Crippen molar-refractivity contribution in [2.45, 2.75) is 18.7 Å². The monoisotopic (exact) mass is 489 g/mol. The number of nitro benzene ring substituents is 1. The number of hydrogen-bond acceptors (Lipinski definition) is 5. The molecule has 0 aromatic heterocycles. The maximum atomic E-state index is 11.1. The molecule has 0 bridgehead atoms. The van der Waals surface area contributed by atoms with Crippen LogP contribution in [-0.4, -0.2) is 15.6 Å². The molecule has 8 heteroatoms. The lowest BCUT2D eigenvalue weighted by Crippen LogP contribution is -2.33. The molecule has 2 aliphatic rings. The smallest absolute Gasteiger partial charge is 0.269 e. The Morgan fingerprint density at radius 1 is 0.971 bits per heavy atom. The fraction of sp³-hybridized carbons (Fsp3) is 0.115. The predicted molar refractivity (Wildman–Crippen MR) is 133 cm³/mol. The first-order valence-corrected chi connectivity index (χ1v) is 11.5. The Labute approximate surface area is 205 Å². The van der Waals surface area contributed by atoms with Crippen LogP contribution in [-0.2, 0) is 0 Å². The first kappa shape index (κ1) is 21.0. The highest BCUT2D eigenvalue weighted by Crippen LogP contribution is 2.51. The largest absolute Gasteiger partial charge is 0.463 e. The predicted octanol–water partition coefficient (Wildman–Crippen LogP) is 7.30. The number of fused-ring (bicyclic) bond motifs is 4. The van der Waals surface area contributed by atoms with Crippen LogP contribution in [0.1, 0.15) is 35.4 Å². The quantitative estimate of drug-likeness (QED) is 0.223. The van der Waals surface area contributed by atoms with Crippen molar-refractivity contribution in [1.82, 2.24) is 5.01 Å². The number of hydrogen-bond donors (Lipinski definition) is 0. The normalized spacial score (nSPS) is 18.8. The van der Waals surface area contributed by atoms with E-state index in [1.165, 1.54) is 17.5 Å². The molecule has 6 rings (SSSR count). The minimum Gasteiger partial charge on any atom is -0.463 e. The molecule has 6 nitrogen and oxygen atoms in total. The summed E-state index contributed by atoms with van der Waals surface area (Å²) in [5.74, 6) is 0.561. The molecule has 0 saturated carbocycles. The van der Waals surface area contributed by atoms with Crippen molar-refractivity contribution in [3.63, 3.8) is 0 Å². The van der Waals surface area contributed by atoms with Gasteiger partial charge in [-0.3, -0.25) is 10.1 Å². The van der Waals surface area contributed by atoms with E-state index in [1.807, 2.05) is 23.2 Å². The van der Waals surface area contributed by atoms with Gasteiger partial charge in [-0.2, -0.15) is 5.10 Å². The molecule has 0 N–H and O–H groups in total. The van der Waals surface area contributed by atoms with Crippen LogP contribution >= 0.6 is 23.2 Å². The lowest BCUT2D eigenvalue weighted by Gasteiger charge is -2.38. The highest BCUT2D eigenvalue weighted by Gasteiger charge is 2.42. The van der Waals surface area contributed by atoms with E-state index in [9.17, 15) is 10.1 Å². The second-order valence-electron chi connectivity index (χ2n) is 8.33. The van der Waals surface area contributed by atoms with Gasteiger partial charge in [0.25, 0.3) is 5.69 Å². The van der Waals surface area contributed by atoms with Gasteiger partial charge >= 0.3 is 0 Å². The molecule has 2 heterocycles. The van der Waals surface area contributed by atoms with Crippen LogP contribution in [0.25, 0.3) is 10.8 Å². The molecule has 0 spiro atoms. The highest BCUT2D eigenvalue weighted by atomic mass is 35.5. The topological polar surface area (TPSA) is 68.0 Å². The third-order valence-corrected chi connectivity index (χ3v) is 6.78. The van der Waals surface area contributed by atoms with Crippen molar-refractivity contribution in [2.24, 2.45) is 5.10 Å². The lowest BCUT2D eigenvalue weighted by atomic mass is 9.95. The zero-order valence-electron chi connectivity index (χ0n) is 17.7. The molecular weight excluding hydrogens is 473 g/mol. The first-order valence-electron chi connectivity index (χ1n) is 10.7. The third-order valence-electron chi connectivity index (χ3n) is 6.28. The van der Waals surface area contributed by atoms with Gasteiger partial charge in [-0.1, -0.05) is 59.6 Å². The van der Waals surface area contributed by atoms with Gasteiger partial charge in [0, 0.05) is 34.7 Å². The Morgan fingerprint density at radius 2 is 1.74 bits per heavy atom. The fourth-order valence-corrected chi connectivity index (χ4v) is 5.19. The Kier molecular flexibility index (Phi) is 4.94. The zero-order valence-corrected chi connectivity index (χ0v) is 19.2. The lowest BCUT2D eigenvalue weighted by molar-refractivity contribution is -0.384. The molecule has 0 unspecified atom stereocenters. The number of benzene rings is 4. The van der Waals surface area contributed by atoms with Crippen molar-refractivity contribution < 1.29 is 9.66 Å². The maximum absolute atomic E-state index is 11.1. The Morgan fingerprint density at radius 3 is 2.50 bits per heavy atom. The Bertz CT molecular complexity index is 1490. The summed E-state index contributed by atoms with van der Waals surface area (Å²) in [6.45, 7) is 0. The third kappa shape index (κ3) is 3.47. The maximum Gasteiger partial charge on any atom is 0.269 e. The minimum atomic E-state index is -0.588. The zero-order chi connectivity index (χ0) is 23.4. The van der Waals surface area contributed by atoms with E-state index in [4.69, 9.17) is 33.0 Å². The summed E-state index contributed by atoms with van der Waals surface area (Å²) in [7, 11) is 0. The Balaban J connectivity index is 1.45. The van der Waals surface area contributed by atoms with Crippen LogP contribution in [0.5, 0.6) is 5.75 Å². The van der Waals surface area contributed by atoms with Crippen molar-refractivity contribution in [3.8, 4) is 5.75 Å². The van der Waals surface area contributed by atoms with Crippen molar-refractivity contribution in [3.05, 3.63) is 116 Å². The summed E-state index contributed by atoms with van der Waals surface area (Å²) < 4.78 is 6.33. The van der Waals surface area contributed by atoms with E-state index < -0.39 is 11.2 Å². The van der Waals surface area contributed by atoms with Crippen molar-refractivity contribution in [2.75, 3.05) is 0 Å². The molecule has 4 aromatic rings. The molecular formula is C26H17Cl2N3O3. The summed E-state index contributed by atoms with van der Waals surface area (Å²) in [4.78, 5) is 10.7. The Hall–Kier alpha value is -3.61. The second-order valence-corrected chi connectivity index (χ2v) is 9.18. The fourth-order valence-electron chi connectivity index (χ4n) is 4.64. The van der Waals surface area contributed by atoms with Crippen molar-refractivity contribution in [1.29, 1.82) is 0 Å². The van der Waals surface area contributed by atoms with Crippen LogP contribution in [0.4, 0.5) is 5.69 Å². The molecule has 0 radical (unpaired) electrons. The van der Waals surface area contributed by atoms with E-state index in [-0.39, 0.29) is 11.7 Å².